The third-order valence-electron chi connectivity index (χ3n) is 6.41. The highest BCUT2D eigenvalue weighted by Crippen LogP contribution is 2.45. The minimum atomic E-state index is -2.73. The van der Waals surface area contributed by atoms with E-state index in [0.29, 0.717) is 5.75 Å². The summed E-state index contributed by atoms with van der Waals surface area (Å²) in [7, 11) is -1.18. The van der Waals surface area contributed by atoms with Gasteiger partial charge in [-0.05, 0) is 39.9 Å². The molecule has 1 rings (SSSR count). The predicted octanol–water partition coefficient (Wildman–Crippen LogP) is 3.49. The van der Waals surface area contributed by atoms with Crippen LogP contribution in [0, 0.1) is 0 Å². The molecule has 0 spiro atoms. The van der Waals surface area contributed by atoms with E-state index in [4.69, 9.17) is 19.4 Å². The van der Waals surface area contributed by atoms with E-state index in [-0.39, 0.29) is 23.2 Å². The molecule has 34 heavy (non-hydrogen) atoms. The number of nitrogens with zero attached hydrogens (tertiary/aromatic N) is 3. The van der Waals surface area contributed by atoms with Crippen LogP contribution in [0.15, 0.2) is 29.4 Å². The number of azide groups is 1. The number of rotatable bonds is 15. The van der Waals surface area contributed by atoms with Crippen molar-refractivity contribution in [1.29, 1.82) is 0 Å². The number of hydrogen-bond donors (Lipinski definition) is 4. The van der Waals surface area contributed by atoms with Gasteiger partial charge in [0.15, 0.2) is 5.72 Å². The molecule has 0 aliphatic heterocycles. The van der Waals surface area contributed by atoms with Gasteiger partial charge in [0.25, 0.3) is 0 Å². The van der Waals surface area contributed by atoms with Crippen molar-refractivity contribution in [3.8, 4) is 5.75 Å². The molecule has 0 saturated carbocycles. The van der Waals surface area contributed by atoms with Crippen molar-refractivity contribution in [3.05, 3.63) is 40.3 Å². The summed E-state index contributed by atoms with van der Waals surface area (Å²) in [4.78, 5) is 2.71. The first kappa shape index (κ1) is 30.3. The maximum atomic E-state index is 11.2. The van der Waals surface area contributed by atoms with E-state index in [9.17, 15) is 20.4 Å². The number of aliphatic hydroxyl groups excluding tert-OH is 3. The summed E-state index contributed by atoms with van der Waals surface area (Å²) in [6.45, 7) is 10.5. The van der Waals surface area contributed by atoms with Gasteiger partial charge in [0.2, 0.25) is 8.32 Å². The highest BCUT2D eigenvalue weighted by molar-refractivity contribution is 6.77. The molecule has 1 aromatic rings. The van der Waals surface area contributed by atoms with Crippen LogP contribution in [0.3, 0.4) is 0 Å². The molecular formula is C23H41N3O7Si. The summed E-state index contributed by atoms with van der Waals surface area (Å²) in [5.41, 5.74) is 7.68. The molecule has 4 atom stereocenters. The van der Waals surface area contributed by atoms with Crippen molar-refractivity contribution in [2.45, 2.75) is 88.8 Å². The highest BCUT2D eigenvalue weighted by atomic mass is 28.4. The number of methoxy groups -OCH3 is 1. The lowest BCUT2D eigenvalue weighted by Gasteiger charge is -2.49. The van der Waals surface area contributed by atoms with E-state index < -0.39 is 45.6 Å². The fraction of sp³-hybridized carbons (Fsp3) is 0.739. The molecule has 0 radical (unpaired) electrons. The van der Waals surface area contributed by atoms with Crippen molar-refractivity contribution in [2.75, 3.05) is 20.3 Å². The average molecular weight is 500 g/mol. The number of benzene rings is 1. The zero-order valence-corrected chi connectivity index (χ0v) is 22.3. The first-order valence-electron chi connectivity index (χ1n) is 11.5. The molecule has 194 valence electrons. The van der Waals surface area contributed by atoms with E-state index in [1.807, 2.05) is 41.5 Å². The molecule has 0 heterocycles. The second-order valence-electron chi connectivity index (χ2n) is 9.46. The van der Waals surface area contributed by atoms with Crippen molar-refractivity contribution < 1.29 is 34.3 Å². The molecule has 0 unspecified atom stereocenters. The monoisotopic (exact) mass is 499 g/mol. The molecular weight excluding hydrogens is 458 g/mol. The van der Waals surface area contributed by atoms with Gasteiger partial charge in [0, 0.05) is 4.91 Å². The number of hydrogen-bond acceptors (Lipinski definition) is 8. The van der Waals surface area contributed by atoms with Crippen LogP contribution in [0.4, 0.5) is 0 Å². The summed E-state index contributed by atoms with van der Waals surface area (Å²) in [6, 6.07) is 7.06. The van der Waals surface area contributed by atoms with Crippen molar-refractivity contribution in [2.24, 2.45) is 5.11 Å². The first-order valence-corrected chi connectivity index (χ1v) is 13.7. The van der Waals surface area contributed by atoms with Crippen LogP contribution in [0.1, 0.15) is 47.1 Å². The topological polar surface area (TPSA) is 157 Å². The molecule has 0 saturated heterocycles. The maximum absolute atomic E-state index is 11.2. The molecule has 11 heteroatoms. The van der Waals surface area contributed by atoms with Crippen LogP contribution < -0.4 is 4.74 Å². The molecule has 0 amide bonds. The normalized spacial score (nSPS) is 16.8. The predicted molar refractivity (Wildman–Crippen MR) is 132 cm³/mol. The Balaban J connectivity index is 3.54. The van der Waals surface area contributed by atoms with Gasteiger partial charge >= 0.3 is 0 Å². The van der Waals surface area contributed by atoms with Crippen LogP contribution in [-0.4, -0.2) is 73.1 Å². The van der Waals surface area contributed by atoms with E-state index in [2.05, 4.69) is 10.0 Å². The van der Waals surface area contributed by atoms with Gasteiger partial charge in [-0.2, -0.15) is 0 Å². The largest absolute Gasteiger partial charge is 0.497 e. The maximum Gasteiger partial charge on any atom is 0.201 e. The Bertz CT molecular complexity index is 765. The minimum absolute atomic E-state index is 0.00293. The summed E-state index contributed by atoms with van der Waals surface area (Å²) in [6.07, 6.45) is -4.22. The van der Waals surface area contributed by atoms with Crippen LogP contribution in [0.2, 0.25) is 16.6 Å². The SMILES string of the molecule is COc1ccc(CO[C@H]([C@H](O)CO)[C@H](O[Si](C(C)C)(C(C)C)C(C)C)[C@@](O)(CO)N=[N+]=[N-])cc1. The molecule has 0 aromatic heterocycles. The summed E-state index contributed by atoms with van der Waals surface area (Å²) >= 11 is 0. The molecule has 0 aliphatic rings. The van der Waals surface area contributed by atoms with Gasteiger partial charge in [0.1, 0.15) is 24.1 Å². The zero-order chi connectivity index (χ0) is 26.1. The molecule has 10 nitrogen and oxygen atoms in total. The average Bonchev–Trinajstić information content (AvgIpc) is 2.80. The van der Waals surface area contributed by atoms with Gasteiger partial charge in [-0.25, -0.2) is 0 Å². The van der Waals surface area contributed by atoms with Gasteiger partial charge in [-0.3, -0.25) is 0 Å². The fourth-order valence-corrected chi connectivity index (χ4v) is 10.3. The molecule has 1 aromatic carbocycles. The van der Waals surface area contributed by atoms with Crippen LogP contribution in [0.5, 0.6) is 5.75 Å². The lowest BCUT2D eigenvalue weighted by atomic mass is 9.98. The smallest absolute Gasteiger partial charge is 0.201 e. The Kier molecular flexibility index (Phi) is 12.0. The fourth-order valence-electron chi connectivity index (χ4n) is 4.73. The summed E-state index contributed by atoms with van der Waals surface area (Å²) < 4.78 is 17.8. The summed E-state index contributed by atoms with van der Waals surface area (Å²) in [5, 5.41) is 45.2. The number of aliphatic hydroxyl groups is 4. The Morgan fingerprint density at radius 3 is 1.94 bits per heavy atom. The summed E-state index contributed by atoms with van der Waals surface area (Å²) in [5.74, 6) is 0.663. The van der Waals surface area contributed by atoms with Crippen molar-refractivity contribution in [3.63, 3.8) is 0 Å². The molecule has 0 fully saturated rings. The van der Waals surface area contributed by atoms with Crippen LogP contribution in [0.25, 0.3) is 10.4 Å². The van der Waals surface area contributed by atoms with Crippen LogP contribution >= 0.6 is 0 Å². The first-order chi connectivity index (χ1) is 15.9. The third-order valence-corrected chi connectivity index (χ3v) is 12.5. The van der Waals surface area contributed by atoms with Crippen LogP contribution in [-0.2, 0) is 15.8 Å². The lowest BCUT2D eigenvalue weighted by Crippen LogP contribution is -2.63. The zero-order valence-electron chi connectivity index (χ0n) is 21.3. The minimum Gasteiger partial charge on any atom is -0.497 e. The van der Waals surface area contributed by atoms with Gasteiger partial charge in [0.05, 0.1) is 26.9 Å². The van der Waals surface area contributed by atoms with Crippen molar-refractivity contribution >= 4 is 8.32 Å². The van der Waals surface area contributed by atoms with E-state index >= 15 is 0 Å². The second-order valence-corrected chi connectivity index (χ2v) is 14.9. The van der Waals surface area contributed by atoms with E-state index in [0.717, 1.165) is 5.56 Å². The molecule has 0 bridgehead atoms. The standard InChI is InChI=1S/C23H41N3O7Si/c1-15(2)34(16(3)4,17(5)6)33-22(23(30,14-28)25-26-24)21(20(29)12-27)32-13-18-8-10-19(31-7)11-9-18/h8-11,15-17,20-22,27-30H,12-14H2,1-7H3/t20-,21-,22+,23+/m1/s1. The second kappa shape index (κ2) is 13.4. The Morgan fingerprint density at radius 1 is 1.03 bits per heavy atom. The van der Waals surface area contributed by atoms with E-state index in [1.54, 1.807) is 31.4 Å². The molecule has 0 aliphatic carbocycles. The molecule has 4 N–H and O–H groups in total. The van der Waals surface area contributed by atoms with Gasteiger partial charge in [-0.1, -0.05) is 58.8 Å². The van der Waals surface area contributed by atoms with Crippen molar-refractivity contribution in [1.82, 2.24) is 0 Å². The Labute approximate surface area is 203 Å². The number of ether oxygens (including phenoxy) is 2. The third kappa shape index (κ3) is 6.93. The lowest BCUT2D eigenvalue weighted by molar-refractivity contribution is -0.184. The Morgan fingerprint density at radius 2 is 1.56 bits per heavy atom. The van der Waals surface area contributed by atoms with E-state index in [1.165, 1.54) is 0 Å². The highest BCUT2D eigenvalue weighted by Gasteiger charge is 2.54. The van der Waals surface area contributed by atoms with Gasteiger partial charge in [-0.15, -0.1) is 0 Å². The van der Waals surface area contributed by atoms with Gasteiger partial charge < -0.3 is 34.3 Å². The quantitative estimate of drug-likeness (QED) is 0.124. The Hall–Kier alpha value is -1.69.